The highest BCUT2D eigenvalue weighted by Gasteiger charge is 2.36. The number of carbonyl (C=O) groups is 1. The van der Waals surface area contributed by atoms with Crippen LogP contribution in [0.3, 0.4) is 0 Å². The highest BCUT2D eigenvalue weighted by atomic mass is 19.4. The molecule has 0 spiro atoms. The van der Waals surface area contributed by atoms with Gasteiger partial charge in [-0.05, 0) is 50.7 Å². The molecule has 0 bridgehead atoms. The number of likely N-dealkylation sites (N-methyl/N-ethyl adjacent to an activating group) is 1. The molecular formula is C25H23F3N6O4. The Bertz CT molecular complexity index is 1490. The van der Waals surface area contributed by atoms with Crippen LogP contribution in [0.1, 0.15) is 22.7 Å². The number of hydrogen-bond acceptors (Lipinski definition) is 7. The lowest BCUT2D eigenvalue weighted by molar-refractivity contribution is -0.385. The molecule has 0 aliphatic carbocycles. The van der Waals surface area contributed by atoms with E-state index in [4.69, 9.17) is 10.2 Å². The number of hydrogen-bond donors (Lipinski definition) is 1. The predicted molar refractivity (Wildman–Crippen MR) is 133 cm³/mol. The Balaban J connectivity index is 1.60. The van der Waals surface area contributed by atoms with E-state index >= 15 is 0 Å². The maximum Gasteiger partial charge on any atom is 0.418 e. The summed E-state index contributed by atoms with van der Waals surface area (Å²) in [6, 6.07) is 8.30. The molecule has 0 saturated carbocycles. The normalized spacial score (nSPS) is 11.7. The van der Waals surface area contributed by atoms with Gasteiger partial charge in [0.25, 0.3) is 0 Å². The van der Waals surface area contributed by atoms with E-state index < -0.39 is 22.7 Å². The molecule has 4 rings (SSSR count). The number of furan rings is 1. The molecule has 198 valence electrons. The fourth-order valence-electron chi connectivity index (χ4n) is 4.15. The number of fused-ring (bicyclic) bond motifs is 1. The number of halogens is 3. The number of urea groups is 1. The standard InChI is InChI=1S/C25H23F3N6O4/c1-15-18(9-10-32(2)14-23-30-12-17(13-31-23)34(36)37)19-11-16(7-8-22(19)38-15)33(24(29)35)21-6-4-3-5-20(21)25(26,27)28/h3-8,11-13H,9-10,14H2,1-2H3,(H2,29,35). The Hall–Kier alpha value is -4.52. The summed E-state index contributed by atoms with van der Waals surface area (Å²) in [5, 5.41) is 11.4. The number of primary amides is 1. The second-order valence-corrected chi connectivity index (χ2v) is 8.61. The molecule has 2 amide bonds. The fourth-order valence-corrected chi connectivity index (χ4v) is 4.15. The van der Waals surface area contributed by atoms with Crippen molar-refractivity contribution in [2.24, 2.45) is 5.73 Å². The van der Waals surface area contributed by atoms with Crippen LogP contribution in [0.25, 0.3) is 11.0 Å². The van der Waals surface area contributed by atoms with Crippen molar-refractivity contribution < 1.29 is 27.3 Å². The third-order valence-electron chi connectivity index (χ3n) is 5.96. The summed E-state index contributed by atoms with van der Waals surface area (Å²) < 4.78 is 46.8. The molecule has 0 atom stereocenters. The minimum absolute atomic E-state index is 0.163. The fraction of sp³-hybridized carbons (Fsp3) is 0.240. The van der Waals surface area contributed by atoms with Gasteiger partial charge in [-0.2, -0.15) is 13.2 Å². The zero-order chi connectivity index (χ0) is 27.6. The number of anilines is 2. The SMILES string of the molecule is Cc1oc2ccc(N(C(N)=O)c3ccccc3C(F)(F)F)cc2c1CCN(C)Cc1ncc([N+](=O)[O-])cn1. The van der Waals surface area contributed by atoms with Gasteiger partial charge in [-0.15, -0.1) is 0 Å². The minimum Gasteiger partial charge on any atom is -0.461 e. The van der Waals surface area contributed by atoms with Crippen molar-refractivity contribution in [1.82, 2.24) is 14.9 Å². The summed E-state index contributed by atoms with van der Waals surface area (Å²) >= 11 is 0. The monoisotopic (exact) mass is 528 g/mol. The molecule has 38 heavy (non-hydrogen) atoms. The van der Waals surface area contributed by atoms with Crippen LogP contribution in [0.2, 0.25) is 0 Å². The molecule has 4 aromatic rings. The first-order valence-corrected chi connectivity index (χ1v) is 11.4. The van der Waals surface area contributed by atoms with Crippen molar-refractivity contribution in [3.8, 4) is 0 Å². The van der Waals surface area contributed by atoms with E-state index in [2.05, 4.69) is 9.97 Å². The number of aryl methyl sites for hydroxylation is 1. The summed E-state index contributed by atoms with van der Waals surface area (Å²) in [4.78, 5) is 33.3. The van der Waals surface area contributed by atoms with E-state index in [1.807, 2.05) is 11.9 Å². The molecule has 2 aromatic heterocycles. The molecule has 0 fully saturated rings. The number of alkyl halides is 3. The smallest absolute Gasteiger partial charge is 0.418 e. The Morgan fingerprint density at radius 2 is 1.84 bits per heavy atom. The number of benzene rings is 2. The lowest BCUT2D eigenvalue weighted by Crippen LogP contribution is -2.33. The van der Waals surface area contributed by atoms with Crippen molar-refractivity contribution >= 4 is 34.1 Å². The number of amides is 2. The number of nitro groups is 1. The number of nitrogens with zero attached hydrogens (tertiary/aromatic N) is 5. The lowest BCUT2D eigenvalue weighted by Gasteiger charge is -2.24. The molecule has 0 saturated heterocycles. The third kappa shape index (κ3) is 5.57. The summed E-state index contributed by atoms with van der Waals surface area (Å²) in [6.45, 7) is 2.64. The van der Waals surface area contributed by atoms with Gasteiger partial charge in [0.15, 0.2) is 0 Å². The van der Waals surface area contributed by atoms with Gasteiger partial charge in [0.05, 0.1) is 28.4 Å². The average molecular weight is 528 g/mol. The van der Waals surface area contributed by atoms with Gasteiger partial charge in [-0.25, -0.2) is 14.8 Å². The van der Waals surface area contributed by atoms with Crippen molar-refractivity contribution in [3.05, 3.63) is 87.7 Å². The Morgan fingerprint density at radius 1 is 1.16 bits per heavy atom. The number of aromatic nitrogens is 2. The van der Waals surface area contributed by atoms with Crippen LogP contribution < -0.4 is 10.6 Å². The predicted octanol–water partition coefficient (Wildman–Crippen LogP) is 5.35. The van der Waals surface area contributed by atoms with Crippen LogP contribution in [0.5, 0.6) is 0 Å². The van der Waals surface area contributed by atoms with Gasteiger partial charge in [-0.1, -0.05) is 12.1 Å². The van der Waals surface area contributed by atoms with Crippen LogP contribution in [-0.4, -0.2) is 39.4 Å². The maximum atomic E-state index is 13.7. The van der Waals surface area contributed by atoms with Crippen molar-refractivity contribution in [3.63, 3.8) is 0 Å². The van der Waals surface area contributed by atoms with E-state index in [-0.39, 0.29) is 17.1 Å². The highest BCUT2D eigenvalue weighted by Crippen LogP contribution is 2.40. The maximum absolute atomic E-state index is 13.7. The summed E-state index contributed by atoms with van der Waals surface area (Å²) in [5.74, 6) is 1.04. The molecule has 2 N–H and O–H groups in total. The zero-order valence-corrected chi connectivity index (χ0v) is 20.4. The van der Waals surface area contributed by atoms with Gasteiger partial charge in [0.1, 0.15) is 29.6 Å². The Morgan fingerprint density at radius 3 is 2.47 bits per heavy atom. The molecular weight excluding hydrogens is 505 g/mol. The van der Waals surface area contributed by atoms with E-state index in [1.165, 1.54) is 24.3 Å². The van der Waals surface area contributed by atoms with Crippen LogP contribution in [0, 0.1) is 17.0 Å². The highest BCUT2D eigenvalue weighted by molar-refractivity contribution is 6.01. The first-order valence-electron chi connectivity index (χ1n) is 11.4. The molecule has 2 aromatic carbocycles. The first kappa shape index (κ1) is 26.5. The molecule has 0 aliphatic heterocycles. The van der Waals surface area contributed by atoms with Crippen molar-refractivity contribution in [2.75, 3.05) is 18.5 Å². The number of para-hydroxylation sites is 1. The van der Waals surface area contributed by atoms with Crippen LogP contribution >= 0.6 is 0 Å². The number of carbonyl (C=O) groups excluding carboxylic acids is 1. The molecule has 2 heterocycles. The van der Waals surface area contributed by atoms with Crippen molar-refractivity contribution in [1.29, 1.82) is 0 Å². The molecule has 0 aliphatic rings. The largest absolute Gasteiger partial charge is 0.461 e. The van der Waals surface area contributed by atoms with E-state index in [0.717, 1.165) is 28.9 Å². The summed E-state index contributed by atoms with van der Waals surface area (Å²) in [6.07, 6.45) is -1.90. The van der Waals surface area contributed by atoms with E-state index in [9.17, 15) is 28.1 Å². The van der Waals surface area contributed by atoms with Crippen LogP contribution in [0.4, 0.5) is 35.0 Å². The number of rotatable bonds is 8. The molecule has 10 nitrogen and oxygen atoms in total. The van der Waals surface area contributed by atoms with Gasteiger partial charge in [0, 0.05) is 17.5 Å². The number of nitrogens with two attached hydrogens (primary N) is 1. The summed E-state index contributed by atoms with van der Waals surface area (Å²) in [7, 11) is 1.83. The second kappa shape index (κ2) is 10.5. The average Bonchev–Trinajstić information content (AvgIpc) is 3.17. The van der Waals surface area contributed by atoms with Gasteiger partial charge >= 0.3 is 17.9 Å². The van der Waals surface area contributed by atoms with E-state index in [0.29, 0.717) is 42.1 Å². The molecule has 0 unspecified atom stereocenters. The van der Waals surface area contributed by atoms with Crippen molar-refractivity contribution in [2.45, 2.75) is 26.1 Å². The van der Waals surface area contributed by atoms with Gasteiger partial charge in [-0.3, -0.25) is 19.9 Å². The molecule has 0 radical (unpaired) electrons. The van der Waals surface area contributed by atoms with E-state index in [1.54, 1.807) is 19.1 Å². The van der Waals surface area contributed by atoms with Crippen LogP contribution in [-0.2, 0) is 19.1 Å². The van der Waals surface area contributed by atoms with Gasteiger partial charge in [0.2, 0.25) is 0 Å². The quantitative estimate of drug-likeness (QED) is 0.241. The zero-order valence-electron chi connectivity index (χ0n) is 20.4. The first-order chi connectivity index (χ1) is 18.0. The third-order valence-corrected chi connectivity index (χ3v) is 5.96. The minimum atomic E-state index is -4.69. The van der Waals surface area contributed by atoms with Crippen LogP contribution in [0.15, 0.2) is 59.3 Å². The second-order valence-electron chi connectivity index (χ2n) is 8.61. The van der Waals surface area contributed by atoms with Gasteiger partial charge < -0.3 is 10.2 Å². The Kier molecular flexibility index (Phi) is 7.30. The summed E-state index contributed by atoms with van der Waals surface area (Å²) in [5.41, 5.74) is 5.46. The lowest BCUT2D eigenvalue weighted by atomic mass is 10.1. The topological polar surface area (TPSA) is 132 Å². The Labute approximate surface area is 214 Å². The molecule has 13 heteroatoms.